The summed E-state index contributed by atoms with van der Waals surface area (Å²) in [5.74, 6) is 0.349. The number of halogens is 2. The second kappa shape index (κ2) is 10.1. The molecule has 1 atom stereocenters. The molecule has 0 fully saturated rings. The lowest BCUT2D eigenvalue weighted by molar-refractivity contribution is -0.115. The third-order valence-corrected chi connectivity index (χ3v) is 6.14. The van der Waals surface area contributed by atoms with Gasteiger partial charge in [-0.3, -0.25) is 9.36 Å². The van der Waals surface area contributed by atoms with Crippen LogP contribution in [0, 0.1) is 5.82 Å². The molecule has 1 N–H and O–H groups in total. The highest BCUT2D eigenvalue weighted by Gasteiger charge is 2.23. The quantitative estimate of drug-likeness (QED) is 0.334. The summed E-state index contributed by atoms with van der Waals surface area (Å²) in [4.78, 5) is 12.7. The van der Waals surface area contributed by atoms with Crippen molar-refractivity contribution in [3.63, 3.8) is 0 Å². The Labute approximate surface area is 199 Å². The summed E-state index contributed by atoms with van der Waals surface area (Å²) < 4.78 is 21.3. The van der Waals surface area contributed by atoms with E-state index < -0.39 is 11.1 Å². The van der Waals surface area contributed by atoms with Gasteiger partial charge in [0.2, 0.25) is 5.91 Å². The predicted octanol–water partition coefficient (Wildman–Crippen LogP) is 5.85. The summed E-state index contributed by atoms with van der Waals surface area (Å²) in [7, 11) is 1.59. The molecule has 0 saturated carbocycles. The molecule has 1 aromatic heterocycles. The van der Waals surface area contributed by atoms with Crippen molar-refractivity contribution in [3.05, 3.63) is 83.6 Å². The largest absolute Gasteiger partial charge is 0.496 e. The van der Waals surface area contributed by atoms with Crippen molar-refractivity contribution in [1.82, 2.24) is 14.8 Å². The Bertz CT molecular complexity index is 1280. The van der Waals surface area contributed by atoms with Gasteiger partial charge < -0.3 is 10.1 Å². The second-order valence-corrected chi connectivity index (χ2v) is 8.79. The van der Waals surface area contributed by atoms with Crippen molar-refractivity contribution in [3.8, 4) is 22.8 Å². The minimum Gasteiger partial charge on any atom is -0.496 e. The number of nitrogens with one attached hydrogen (secondary N) is 1. The molecule has 4 aromatic rings. The van der Waals surface area contributed by atoms with Crippen LogP contribution in [0.4, 0.5) is 10.1 Å². The molecular formula is C24H20ClFN4O2S. The Hall–Kier alpha value is -3.36. The maximum Gasteiger partial charge on any atom is 0.237 e. The van der Waals surface area contributed by atoms with E-state index in [0.717, 1.165) is 11.3 Å². The number of methoxy groups -OCH3 is 1. The number of ether oxygens (including phenoxy) is 1. The molecule has 4 rings (SSSR count). The average Bonchev–Trinajstić information content (AvgIpc) is 3.24. The van der Waals surface area contributed by atoms with Gasteiger partial charge >= 0.3 is 0 Å². The highest BCUT2D eigenvalue weighted by atomic mass is 35.5. The van der Waals surface area contributed by atoms with E-state index >= 15 is 0 Å². The van der Waals surface area contributed by atoms with Crippen LogP contribution in [0.1, 0.15) is 6.92 Å². The van der Waals surface area contributed by atoms with Crippen LogP contribution in [0.2, 0.25) is 5.02 Å². The van der Waals surface area contributed by atoms with Crippen LogP contribution in [0.5, 0.6) is 5.75 Å². The fraction of sp³-hybridized carbons (Fsp3) is 0.125. The SMILES string of the molecule is COc1ccccc1-c1nnc(SC(C)C(=O)Nc2ccccc2F)n1-c1ccc(Cl)cc1. The topological polar surface area (TPSA) is 69.0 Å². The van der Waals surface area contributed by atoms with Gasteiger partial charge in [-0.05, 0) is 55.5 Å². The zero-order valence-electron chi connectivity index (χ0n) is 17.8. The molecule has 33 heavy (non-hydrogen) atoms. The van der Waals surface area contributed by atoms with Gasteiger partial charge in [-0.1, -0.05) is 47.6 Å². The molecule has 0 aliphatic carbocycles. The minimum atomic E-state index is -0.578. The molecule has 0 radical (unpaired) electrons. The number of hydrogen-bond acceptors (Lipinski definition) is 5. The van der Waals surface area contributed by atoms with Crippen molar-refractivity contribution in [2.75, 3.05) is 12.4 Å². The van der Waals surface area contributed by atoms with E-state index in [1.165, 1.54) is 23.9 Å². The maximum absolute atomic E-state index is 14.0. The molecule has 0 aliphatic heterocycles. The summed E-state index contributed by atoms with van der Waals surface area (Å²) in [6, 6.07) is 20.8. The lowest BCUT2D eigenvalue weighted by Crippen LogP contribution is -2.23. The monoisotopic (exact) mass is 482 g/mol. The number of aromatic nitrogens is 3. The van der Waals surface area contributed by atoms with Crippen molar-refractivity contribution in [2.45, 2.75) is 17.3 Å². The highest BCUT2D eigenvalue weighted by Crippen LogP contribution is 2.34. The first kappa shape index (κ1) is 22.8. The minimum absolute atomic E-state index is 0.129. The van der Waals surface area contributed by atoms with Crippen molar-refractivity contribution in [2.24, 2.45) is 0 Å². The summed E-state index contributed by atoms with van der Waals surface area (Å²) >= 11 is 7.30. The lowest BCUT2D eigenvalue weighted by atomic mass is 10.2. The molecular weight excluding hydrogens is 463 g/mol. The maximum atomic E-state index is 14.0. The van der Waals surface area contributed by atoms with Crippen LogP contribution in [0.25, 0.3) is 17.1 Å². The fourth-order valence-electron chi connectivity index (χ4n) is 3.18. The normalized spacial score (nSPS) is 11.8. The van der Waals surface area contributed by atoms with Gasteiger partial charge in [0.15, 0.2) is 11.0 Å². The number of carbonyl (C=O) groups is 1. The number of carbonyl (C=O) groups excluding carboxylic acids is 1. The van der Waals surface area contributed by atoms with Gasteiger partial charge in [0.25, 0.3) is 0 Å². The van der Waals surface area contributed by atoms with E-state index in [9.17, 15) is 9.18 Å². The Balaban J connectivity index is 1.69. The number of para-hydroxylation sites is 2. The first-order chi connectivity index (χ1) is 16.0. The van der Waals surface area contributed by atoms with E-state index in [4.69, 9.17) is 16.3 Å². The zero-order chi connectivity index (χ0) is 23.4. The summed E-state index contributed by atoms with van der Waals surface area (Å²) in [5.41, 5.74) is 1.65. The molecule has 1 heterocycles. The number of thioether (sulfide) groups is 1. The second-order valence-electron chi connectivity index (χ2n) is 7.05. The van der Waals surface area contributed by atoms with Gasteiger partial charge in [-0.15, -0.1) is 10.2 Å². The molecule has 1 unspecified atom stereocenters. The third-order valence-electron chi connectivity index (χ3n) is 4.85. The molecule has 9 heteroatoms. The first-order valence-electron chi connectivity index (χ1n) is 10.0. The van der Waals surface area contributed by atoms with E-state index in [1.54, 1.807) is 38.3 Å². The third kappa shape index (κ3) is 5.02. The van der Waals surface area contributed by atoms with Gasteiger partial charge in [0.1, 0.15) is 11.6 Å². The standard InChI is InChI=1S/C24H20ClFN4O2S/c1-15(23(31)27-20-9-5-4-8-19(20)26)33-24-29-28-22(18-7-3-6-10-21(18)32-2)30(24)17-13-11-16(25)12-14-17/h3-15H,1-2H3,(H,27,31). The summed E-state index contributed by atoms with van der Waals surface area (Å²) in [5, 5.41) is 11.9. The van der Waals surface area contributed by atoms with Gasteiger partial charge in [-0.2, -0.15) is 0 Å². The van der Waals surface area contributed by atoms with Crippen LogP contribution in [0.3, 0.4) is 0 Å². The molecule has 6 nitrogen and oxygen atoms in total. The lowest BCUT2D eigenvalue weighted by Gasteiger charge is -2.15. The summed E-state index contributed by atoms with van der Waals surface area (Å²) in [6.45, 7) is 1.73. The van der Waals surface area contributed by atoms with Crippen LogP contribution < -0.4 is 10.1 Å². The van der Waals surface area contributed by atoms with Gasteiger partial charge in [0, 0.05) is 10.7 Å². The van der Waals surface area contributed by atoms with Crippen LogP contribution in [0.15, 0.2) is 78.0 Å². The van der Waals surface area contributed by atoms with E-state index in [0.29, 0.717) is 21.8 Å². The average molecular weight is 483 g/mol. The van der Waals surface area contributed by atoms with E-state index in [2.05, 4.69) is 15.5 Å². The Morgan fingerprint density at radius 2 is 1.76 bits per heavy atom. The van der Waals surface area contributed by atoms with Crippen LogP contribution >= 0.6 is 23.4 Å². The summed E-state index contributed by atoms with van der Waals surface area (Å²) in [6.07, 6.45) is 0. The molecule has 0 bridgehead atoms. The molecule has 0 saturated heterocycles. The van der Waals surface area contributed by atoms with Crippen LogP contribution in [-0.2, 0) is 4.79 Å². The highest BCUT2D eigenvalue weighted by molar-refractivity contribution is 8.00. The molecule has 1 amide bonds. The number of amides is 1. The van der Waals surface area contributed by atoms with Gasteiger partial charge in [-0.25, -0.2) is 4.39 Å². The Morgan fingerprint density at radius 1 is 1.06 bits per heavy atom. The fourth-order valence-corrected chi connectivity index (χ4v) is 4.18. The molecule has 3 aromatic carbocycles. The number of anilines is 1. The van der Waals surface area contributed by atoms with Crippen LogP contribution in [-0.4, -0.2) is 33.0 Å². The Morgan fingerprint density at radius 3 is 2.48 bits per heavy atom. The van der Waals surface area contributed by atoms with E-state index in [-0.39, 0.29) is 11.6 Å². The zero-order valence-corrected chi connectivity index (χ0v) is 19.4. The molecule has 0 aliphatic rings. The molecule has 0 spiro atoms. The number of rotatable bonds is 7. The predicted molar refractivity (Wildman–Crippen MR) is 129 cm³/mol. The number of hydrogen-bond donors (Lipinski definition) is 1. The smallest absolute Gasteiger partial charge is 0.237 e. The number of benzene rings is 3. The first-order valence-corrected chi connectivity index (χ1v) is 11.3. The van der Waals surface area contributed by atoms with Gasteiger partial charge in [0.05, 0.1) is 23.6 Å². The molecule has 168 valence electrons. The Kier molecular flexibility index (Phi) is 6.96. The van der Waals surface area contributed by atoms with Crippen molar-refractivity contribution >= 4 is 35.0 Å². The van der Waals surface area contributed by atoms with Crippen molar-refractivity contribution in [1.29, 1.82) is 0 Å². The number of nitrogens with zero attached hydrogens (tertiary/aromatic N) is 3. The van der Waals surface area contributed by atoms with E-state index in [1.807, 2.05) is 41.0 Å². The van der Waals surface area contributed by atoms with Crippen molar-refractivity contribution < 1.29 is 13.9 Å².